The van der Waals surface area contributed by atoms with Gasteiger partial charge >= 0.3 is 63.0 Å². The van der Waals surface area contributed by atoms with Crippen molar-refractivity contribution in [2.75, 3.05) is 58.8 Å². The molecule has 6 atom stereocenters. The Morgan fingerprint density at radius 2 is 1.23 bits per heavy atom. The van der Waals surface area contributed by atoms with Crippen molar-refractivity contribution < 1.29 is 139 Å². The Balaban J connectivity index is 1.21. The van der Waals surface area contributed by atoms with Gasteiger partial charge in [-0.15, -0.1) is 0 Å². The van der Waals surface area contributed by atoms with Crippen LogP contribution in [0, 0.1) is 34.3 Å². The number of alkyl halides is 8. The molecule has 0 aliphatic carbocycles. The SMILES string of the molecule is COC(=O)N[C@H](C(=O)N[C@@H](Cc1ccc(C#Cc2cnc(N3CC4CCC(C3)N4C3COC3)nc2)cc1)[C@H](CN(Cc1c(F)cc(-c2ccn(C(F)F)n2)cc1F)NC(=O)[C@@H](NC(=O)OC)C(C)(C)C(F)(F)F)OC(=O)OCOC(=O)CC(C)(C)c1c(OP(=O)(O)O)cc(C(=O)OC(C)(C)C)cc1C(=O)OC(C)(C)C)C(C)(C)C(F)(F)F. The average molecular weight is 1690 g/mol. The zero-order valence-electron chi connectivity index (χ0n) is 65.9. The maximum absolute atomic E-state index is 16.8. The predicted octanol–water partition coefficient (Wildman–Crippen LogP) is 10.4. The number of phosphoric acid groups is 1. The van der Waals surface area contributed by atoms with E-state index in [9.17, 15) is 61.5 Å². The number of hydrogen-bond donors (Lipinski definition) is 6. The number of methoxy groups -OCH3 is 2. The van der Waals surface area contributed by atoms with Gasteiger partial charge < -0.3 is 63.3 Å². The Kier molecular flexibility index (Phi) is 28.8. The summed E-state index contributed by atoms with van der Waals surface area (Å²) in [5, 5.41) is 9.79. The van der Waals surface area contributed by atoms with Crippen molar-refractivity contribution in [3.8, 4) is 28.8 Å². The van der Waals surface area contributed by atoms with E-state index >= 15 is 35.1 Å². The van der Waals surface area contributed by atoms with Gasteiger partial charge in [-0.05, 0) is 137 Å². The average Bonchev–Trinajstić information content (AvgIpc) is 1.48. The van der Waals surface area contributed by atoms with E-state index in [2.05, 4.69) is 51.5 Å². The van der Waals surface area contributed by atoms with Crippen molar-refractivity contribution >= 4 is 61.8 Å². The number of phosphoric ester groups is 1. The lowest BCUT2D eigenvalue weighted by atomic mass is 9.77. The first-order valence-electron chi connectivity index (χ1n) is 36.1. The van der Waals surface area contributed by atoms with Gasteiger partial charge in [0.15, 0.2) is 0 Å². The zero-order chi connectivity index (χ0) is 87.0. The maximum atomic E-state index is 16.8. The number of anilines is 1. The summed E-state index contributed by atoms with van der Waals surface area (Å²) in [5.41, 5.74) is -11.9. The summed E-state index contributed by atoms with van der Waals surface area (Å²) in [7, 11) is -4.20. The van der Waals surface area contributed by atoms with E-state index in [4.69, 9.17) is 32.9 Å². The summed E-state index contributed by atoms with van der Waals surface area (Å²) in [6.07, 6.45) is -14.5. The molecule has 3 aromatic carbocycles. The molecule has 5 aromatic rings. The molecule has 3 aliphatic rings. The smallest absolute Gasteiger partial charge is 0.456 e. The molecule has 0 spiro atoms. The fourth-order valence-electron chi connectivity index (χ4n) is 12.9. The van der Waals surface area contributed by atoms with Gasteiger partial charge in [-0.1, -0.05) is 37.8 Å². The Hall–Kier alpha value is -10.4. The third-order valence-corrected chi connectivity index (χ3v) is 19.5. The van der Waals surface area contributed by atoms with Crippen LogP contribution < -0.4 is 30.8 Å². The Bertz CT molecular complexity index is 4540. The van der Waals surface area contributed by atoms with Crippen LogP contribution in [0.4, 0.5) is 64.2 Å². The van der Waals surface area contributed by atoms with Gasteiger partial charge in [0, 0.05) is 78.0 Å². The molecule has 5 heterocycles. The molecule has 3 aliphatic heterocycles. The van der Waals surface area contributed by atoms with Crippen LogP contribution in [-0.2, 0) is 75.2 Å². The molecule has 0 radical (unpaired) electrons. The monoisotopic (exact) mass is 1690 g/mol. The normalized spacial score (nSPS) is 16.7. The molecule has 2 unspecified atom stereocenters. The van der Waals surface area contributed by atoms with Gasteiger partial charge in [0.05, 0.1) is 85.7 Å². The van der Waals surface area contributed by atoms with Crippen molar-refractivity contribution in [2.24, 2.45) is 10.8 Å². The molecule has 2 bridgehead atoms. The van der Waals surface area contributed by atoms with Crippen molar-refractivity contribution in [2.45, 2.75) is 193 Å². The molecule has 0 saturated carbocycles. The van der Waals surface area contributed by atoms with Crippen molar-refractivity contribution in [1.82, 2.24) is 51.0 Å². The van der Waals surface area contributed by atoms with Crippen LogP contribution in [0.2, 0.25) is 0 Å². The number of hydrogen-bond acceptors (Lipinski definition) is 24. The highest BCUT2D eigenvalue weighted by Gasteiger charge is 2.58. The molecule has 640 valence electrons. The quantitative estimate of drug-likeness (QED) is 0.00493. The maximum Gasteiger partial charge on any atom is 0.524 e. The summed E-state index contributed by atoms with van der Waals surface area (Å²) in [4.78, 5) is 146. The summed E-state index contributed by atoms with van der Waals surface area (Å²) < 4.78 is 211. The minimum Gasteiger partial charge on any atom is -0.456 e. The van der Waals surface area contributed by atoms with E-state index in [0.29, 0.717) is 108 Å². The molecule has 8 rings (SSSR count). The second-order valence-corrected chi connectivity index (χ2v) is 32.7. The number of rotatable bonds is 29. The number of carbonyl (C=O) groups excluding carboxylic acids is 8. The highest BCUT2D eigenvalue weighted by Crippen LogP contribution is 2.47. The molecule has 42 heteroatoms. The molecular formula is C75H90F10N11O20P. The lowest BCUT2D eigenvalue weighted by molar-refractivity contribution is -0.221. The molecule has 3 fully saturated rings. The van der Waals surface area contributed by atoms with E-state index in [1.807, 2.05) is 10.7 Å². The summed E-state index contributed by atoms with van der Waals surface area (Å²) in [5.74, 6) is -5.04. The topological polar surface area (TPSA) is 379 Å². The molecular weight excluding hydrogens is 1600 g/mol. The van der Waals surface area contributed by atoms with E-state index < -0.39 is 210 Å². The summed E-state index contributed by atoms with van der Waals surface area (Å²) in [6.45, 7) is 8.30. The number of carbonyl (C=O) groups is 8. The molecule has 4 amide bonds. The number of hydrazine groups is 1. The number of piperazine rings is 1. The van der Waals surface area contributed by atoms with Crippen LogP contribution in [0.1, 0.15) is 157 Å². The second kappa shape index (κ2) is 36.6. The van der Waals surface area contributed by atoms with E-state index in [1.165, 1.54) is 92.0 Å². The molecule has 117 heavy (non-hydrogen) atoms. The van der Waals surface area contributed by atoms with Crippen LogP contribution in [0.5, 0.6) is 5.75 Å². The van der Waals surface area contributed by atoms with Gasteiger partial charge in [0.2, 0.25) is 18.6 Å². The molecule has 3 saturated heterocycles. The number of benzene rings is 3. The third kappa shape index (κ3) is 24.2. The van der Waals surface area contributed by atoms with Crippen LogP contribution in [-0.4, -0.2) is 207 Å². The van der Waals surface area contributed by atoms with Crippen molar-refractivity contribution in [3.05, 3.63) is 124 Å². The lowest BCUT2D eigenvalue weighted by Crippen LogP contribution is -2.64. The highest BCUT2D eigenvalue weighted by atomic mass is 31.2. The standard InChI is InChI=1S/C75H90F10N11O20P/c1-69(2,3)114-62(100)44-26-48(63(101)115-70(4,5)6)57(54(29-44)116-117(105,106)107)71(7,8)30-56(97)111-39-112-68(104)113-55(36-94(92-61(99)59(90-67(103)109-14)73(11,12)75(83,84)85)35-49-50(76)27-43(28-51(49)77)52-23-24-95(91-52)64(78)79)53(88-60(98)58(89-66(102)108-13)72(9,10)74(80,81)82)25-41-18-15-40(16-19-41)17-20-42-31-86-65(87-32-42)93-33-45-21-22-46(34-93)96(45)47-37-110-38-47/h15-16,18-19,23-24,26-29,31-32,45-47,53,55,58-59,64H,21-22,25,30,33-39H2,1-14H3,(H,88,98)(H,89,102)(H,90,103)(H,92,99)(H2,105,106,107)/t45?,46?,53-,55-,58+,59+/m0/s1. The van der Waals surface area contributed by atoms with E-state index in [0.717, 1.165) is 44.3 Å². The fourth-order valence-corrected chi connectivity index (χ4v) is 13.3. The minimum atomic E-state index is -5.64. The van der Waals surface area contributed by atoms with Crippen molar-refractivity contribution in [1.29, 1.82) is 0 Å². The summed E-state index contributed by atoms with van der Waals surface area (Å²) >= 11 is 0. The first kappa shape index (κ1) is 92.1. The number of nitrogens with zero attached hydrogens (tertiary/aromatic N) is 7. The number of amides is 4. The van der Waals surface area contributed by atoms with Gasteiger partial charge in [0.1, 0.15) is 46.8 Å². The number of fused-ring (bicyclic) bond motifs is 2. The Labute approximate surface area is 664 Å². The number of halogens is 10. The molecule has 6 N–H and O–H groups in total. The second-order valence-electron chi connectivity index (χ2n) is 31.5. The zero-order valence-corrected chi connectivity index (χ0v) is 66.8. The predicted molar refractivity (Wildman–Crippen MR) is 391 cm³/mol. The minimum absolute atomic E-state index is 0.0407. The number of ether oxygens (including phenoxy) is 8. The van der Waals surface area contributed by atoms with Crippen LogP contribution in [0.3, 0.4) is 0 Å². The largest absolute Gasteiger partial charge is 0.524 e. The van der Waals surface area contributed by atoms with Crippen molar-refractivity contribution in [3.63, 3.8) is 0 Å². The van der Waals surface area contributed by atoms with Crippen LogP contribution >= 0.6 is 7.82 Å². The van der Waals surface area contributed by atoms with Crippen LogP contribution in [0.25, 0.3) is 11.3 Å². The van der Waals surface area contributed by atoms with Gasteiger partial charge in [0.25, 0.3) is 5.91 Å². The number of aromatic nitrogens is 4. The number of esters is 3. The first-order valence-corrected chi connectivity index (χ1v) is 37.6. The Morgan fingerprint density at radius 3 is 1.73 bits per heavy atom. The first-order chi connectivity index (χ1) is 54.2. The van der Waals surface area contributed by atoms with Crippen LogP contribution in [0.15, 0.2) is 73.2 Å². The lowest BCUT2D eigenvalue weighted by Gasteiger charge is -2.47. The fraction of sp³-hybridized carbons (Fsp3) is 0.533. The highest BCUT2D eigenvalue weighted by molar-refractivity contribution is 7.46. The van der Waals surface area contributed by atoms with Gasteiger partial charge in [-0.25, -0.2) is 57.0 Å². The van der Waals surface area contributed by atoms with Gasteiger partial charge in [-0.2, -0.15) is 40.2 Å². The van der Waals surface area contributed by atoms with E-state index in [-0.39, 0.29) is 15.8 Å². The number of nitrogens with one attached hydrogen (secondary N) is 4. The number of alkyl carbamates (subject to hydrolysis) is 2. The third-order valence-electron chi connectivity index (χ3n) is 19.1. The summed E-state index contributed by atoms with van der Waals surface area (Å²) in [6, 6.07) is 2.61. The Morgan fingerprint density at radius 1 is 0.692 bits per heavy atom. The molecule has 31 nitrogen and oxygen atoms in total. The van der Waals surface area contributed by atoms with Gasteiger partial charge in [-0.3, -0.25) is 34.5 Å². The molecule has 2 aromatic heterocycles. The van der Waals surface area contributed by atoms with E-state index in [1.54, 1.807) is 5.32 Å².